The third-order valence-corrected chi connectivity index (χ3v) is 4.84. The molecule has 0 radical (unpaired) electrons. The van der Waals surface area contributed by atoms with Crippen LogP contribution in [0.5, 0.6) is 0 Å². The molecule has 4 heteroatoms. The molecule has 0 amide bonds. The maximum atomic E-state index is 12.2. The van der Waals surface area contributed by atoms with Crippen LogP contribution in [0.3, 0.4) is 0 Å². The molecule has 0 spiro atoms. The number of hydrogen-bond donors (Lipinski definition) is 1. The first-order valence-corrected chi connectivity index (χ1v) is 6.64. The van der Waals surface area contributed by atoms with Gasteiger partial charge in [0, 0.05) is 11.3 Å². The van der Waals surface area contributed by atoms with E-state index >= 15 is 0 Å². The lowest BCUT2D eigenvalue weighted by molar-refractivity contribution is -0.165. The Balaban J connectivity index is 2.09. The molecule has 98 valence electrons. The van der Waals surface area contributed by atoms with Crippen LogP contribution in [0.1, 0.15) is 39.0 Å². The van der Waals surface area contributed by atoms with Crippen molar-refractivity contribution in [3.8, 4) is 0 Å². The van der Waals surface area contributed by atoms with Crippen molar-refractivity contribution < 1.29 is 19.4 Å². The lowest BCUT2D eigenvalue weighted by atomic mass is 9.58. The van der Waals surface area contributed by atoms with Gasteiger partial charge in [-0.2, -0.15) is 0 Å². The van der Waals surface area contributed by atoms with Crippen LogP contribution in [-0.4, -0.2) is 29.6 Å². The third-order valence-electron chi connectivity index (χ3n) is 4.84. The van der Waals surface area contributed by atoms with E-state index in [0.29, 0.717) is 6.61 Å². The molecule has 3 rings (SSSR count). The van der Waals surface area contributed by atoms with Gasteiger partial charge in [0.05, 0.1) is 6.42 Å². The average Bonchev–Trinajstić information content (AvgIpc) is 2.39. The van der Waals surface area contributed by atoms with Crippen LogP contribution in [0.25, 0.3) is 0 Å². The Morgan fingerprint density at radius 3 is 2.78 bits per heavy atom. The third kappa shape index (κ3) is 1.48. The van der Waals surface area contributed by atoms with Gasteiger partial charge >= 0.3 is 5.97 Å². The largest absolute Gasteiger partial charge is 0.465 e. The number of aliphatic hydroxyl groups excluding tert-OH is 1. The summed E-state index contributed by atoms with van der Waals surface area (Å²) >= 11 is 0. The first-order valence-electron chi connectivity index (χ1n) is 6.64. The van der Waals surface area contributed by atoms with Crippen LogP contribution in [0.4, 0.5) is 0 Å². The Morgan fingerprint density at radius 2 is 2.00 bits per heavy atom. The molecular formula is C14H18O4. The summed E-state index contributed by atoms with van der Waals surface area (Å²) in [6.07, 6.45) is 2.88. The van der Waals surface area contributed by atoms with Gasteiger partial charge in [0.1, 0.15) is 12.7 Å². The summed E-state index contributed by atoms with van der Waals surface area (Å²) in [6, 6.07) is 0. The summed E-state index contributed by atoms with van der Waals surface area (Å²) in [6.45, 7) is 2.33. The number of rotatable bonds is 0. The van der Waals surface area contributed by atoms with Crippen LogP contribution in [0, 0.1) is 11.3 Å². The quantitative estimate of drug-likeness (QED) is 0.659. The Kier molecular flexibility index (Phi) is 2.59. The van der Waals surface area contributed by atoms with Crippen LogP contribution in [0.15, 0.2) is 11.1 Å². The van der Waals surface area contributed by atoms with Crippen molar-refractivity contribution in [1.29, 1.82) is 0 Å². The highest BCUT2D eigenvalue weighted by Gasteiger charge is 2.53. The van der Waals surface area contributed by atoms with Gasteiger partial charge in [0.15, 0.2) is 5.78 Å². The molecule has 3 atom stereocenters. The van der Waals surface area contributed by atoms with Crippen molar-refractivity contribution >= 4 is 11.8 Å². The topological polar surface area (TPSA) is 63.6 Å². The van der Waals surface area contributed by atoms with Gasteiger partial charge in [-0.1, -0.05) is 12.5 Å². The predicted molar refractivity (Wildman–Crippen MR) is 63.7 cm³/mol. The Morgan fingerprint density at radius 1 is 1.28 bits per heavy atom. The fraction of sp³-hybridized carbons (Fsp3) is 0.714. The van der Waals surface area contributed by atoms with Crippen molar-refractivity contribution in [3.63, 3.8) is 0 Å². The first-order chi connectivity index (χ1) is 8.54. The average molecular weight is 250 g/mol. The number of hydrogen-bond acceptors (Lipinski definition) is 4. The zero-order valence-corrected chi connectivity index (χ0v) is 10.6. The highest BCUT2D eigenvalue weighted by atomic mass is 16.5. The number of fused-ring (bicyclic) bond motifs is 2. The van der Waals surface area contributed by atoms with Gasteiger partial charge in [-0.25, -0.2) is 0 Å². The maximum absolute atomic E-state index is 12.2. The second-order valence-electron chi connectivity index (χ2n) is 5.86. The minimum Gasteiger partial charge on any atom is -0.465 e. The molecule has 1 aliphatic heterocycles. The summed E-state index contributed by atoms with van der Waals surface area (Å²) in [5.74, 6) is -0.755. The second kappa shape index (κ2) is 3.92. The zero-order valence-electron chi connectivity index (χ0n) is 10.6. The second-order valence-corrected chi connectivity index (χ2v) is 5.86. The van der Waals surface area contributed by atoms with E-state index in [0.717, 1.165) is 36.8 Å². The van der Waals surface area contributed by atoms with Crippen molar-refractivity contribution in [2.24, 2.45) is 11.3 Å². The minimum atomic E-state index is -1.03. The minimum absolute atomic E-state index is 0.151. The van der Waals surface area contributed by atoms with Gasteiger partial charge in [-0.15, -0.1) is 0 Å². The van der Waals surface area contributed by atoms with Gasteiger partial charge in [-0.05, 0) is 31.3 Å². The SMILES string of the molecule is C[C@]12COC(=O)C[C@H]1[C@H](O)C(=O)C1=C2CCCC1. The number of cyclic esters (lactones) is 1. The molecule has 4 nitrogen and oxygen atoms in total. The van der Waals surface area contributed by atoms with Crippen molar-refractivity contribution in [2.75, 3.05) is 6.61 Å². The zero-order chi connectivity index (χ0) is 12.9. The number of esters is 1. The summed E-state index contributed by atoms with van der Waals surface area (Å²) in [5.41, 5.74) is 1.61. The van der Waals surface area contributed by atoms with Gasteiger partial charge in [0.25, 0.3) is 0 Å². The molecule has 0 saturated carbocycles. The molecule has 0 unspecified atom stereocenters. The fourth-order valence-electron chi connectivity index (χ4n) is 3.74. The number of carbonyl (C=O) groups excluding carboxylic acids is 2. The molecule has 18 heavy (non-hydrogen) atoms. The van der Waals surface area contributed by atoms with E-state index in [9.17, 15) is 14.7 Å². The summed E-state index contributed by atoms with van der Waals surface area (Å²) in [4.78, 5) is 23.6. The van der Waals surface area contributed by atoms with Crippen molar-refractivity contribution in [1.82, 2.24) is 0 Å². The fourth-order valence-corrected chi connectivity index (χ4v) is 3.74. The summed E-state index contributed by atoms with van der Waals surface area (Å²) in [7, 11) is 0. The van der Waals surface area contributed by atoms with Gasteiger partial charge in [-0.3, -0.25) is 9.59 Å². The normalized spacial score (nSPS) is 40.1. The number of carbonyl (C=O) groups is 2. The highest BCUT2D eigenvalue weighted by Crippen LogP contribution is 2.51. The molecule has 1 saturated heterocycles. The maximum Gasteiger partial charge on any atom is 0.306 e. The number of aliphatic hydroxyl groups is 1. The highest BCUT2D eigenvalue weighted by molar-refractivity contribution is 6.01. The molecule has 0 bridgehead atoms. The van der Waals surface area contributed by atoms with E-state index in [1.54, 1.807) is 0 Å². The molecule has 1 N–H and O–H groups in total. The standard InChI is InChI=1S/C14H18O4/c1-14-7-18-11(15)6-10(14)13(17)12(16)8-4-2-3-5-9(8)14/h10,13,17H,2-7H2,1H3/t10-,13-,14+/m0/s1. The summed E-state index contributed by atoms with van der Waals surface area (Å²) < 4.78 is 5.19. The van der Waals surface area contributed by atoms with Gasteiger partial charge in [0.2, 0.25) is 0 Å². The first kappa shape index (κ1) is 11.9. The van der Waals surface area contributed by atoms with Crippen LogP contribution < -0.4 is 0 Å². The van der Waals surface area contributed by atoms with E-state index in [-0.39, 0.29) is 29.5 Å². The van der Waals surface area contributed by atoms with E-state index < -0.39 is 6.10 Å². The molecule has 1 fully saturated rings. The van der Waals surface area contributed by atoms with Crippen LogP contribution >= 0.6 is 0 Å². The van der Waals surface area contributed by atoms with E-state index in [2.05, 4.69) is 0 Å². The summed E-state index contributed by atoms with van der Waals surface area (Å²) in [5, 5.41) is 10.2. The van der Waals surface area contributed by atoms with Crippen LogP contribution in [-0.2, 0) is 14.3 Å². The predicted octanol–water partition coefficient (Wildman–Crippen LogP) is 1.37. The molecule has 0 aromatic rings. The molecular weight excluding hydrogens is 232 g/mol. The molecule has 0 aromatic heterocycles. The van der Waals surface area contributed by atoms with E-state index in [1.165, 1.54) is 0 Å². The number of Topliss-reactive ketones (excluding diaryl/α,β-unsaturated/α-hetero) is 1. The molecule has 2 aliphatic carbocycles. The Hall–Kier alpha value is -1.16. The van der Waals surface area contributed by atoms with Crippen LogP contribution in [0.2, 0.25) is 0 Å². The number of ketones is 1. The van der Waals surface area contributed by atoms with Crippen molar-refractivity contribution in [3.05, 3.63) is 11.1 Å². The van der Waals surface area contributed by atoms with Gasteiger partial charge < -0.3 is 9.84 Å². The Bertz CT molecular complexity index is 451. The van der Waals surface area contributed by atoms with E-state index in [4.69, 9.17) is 4.74 Å². The van der Waals surface area contributed by atoms with E-state index in [1.807, 2.05) is 6.92 Å². The van der Waals surface area contributed by atoms with Crippen molar-refractivity contribution in [2.45, 2.75) is 45.1 Å². The smallest absolute Gasteiger partial charge is 0.306 e. The molecule has 3 aliphatic rings. The molecule has 0 aromatic carbocycles. The monoisotopic (exact) mass is 250 g/mol. The number of ether oxygens (including phenoxy) is 1. The lowest BCUT2D eigenvalue weighted by Crippen LogP contribution is -2.53. The lowest BCUT2D eigenvalue weighted by Gasteiger charge is -2.49. The Labute approximate surface area is 106 Å². The molecule has 1 heterocycles.